The third-order valence-electron chi connectivity index (χ3n) is 6.04. The third-order valence-corrected chi connectivity index (χ3v) is 6.04. The van der Waals surface area contributed by atoms with Gasteiger partial charge in [0.05, 0.1) is 6.10 Å². The van der Waals surface area contributed by atoms with Crippen molar-refractivity contribution >= 4 is 0 Å². The summed E-state index contributed by atoms with van der Waals surface area (Å²) in [5, 5.41) is 10.5. The molecule has 1 saturated carbocycles. The Morgan fingerprint density at radius 2 is 1.71 bits per heavy atom. The normalized spacial score (nSPS) is 34.9. The van der Waals surface area contributed by atoms with E-state index >= 15 is 0 Å². The Labute approximate surface area is 131 Å². The number of aliphatic hydroxyl groups excluding tert-OH is 1. The van der Waals surface area contributed by atoms with E-state index in [2.05, 4.69) is 44.4 Å². The molecule has 3 heteroatoms. The molecule has 3 nitrogen and oxygen atoms in total. The molecule has 0 aromatic heterocycles. The van der Waals surface area contributed by atoms with Gasteiger partial charge in [0.1, 0.15) is 0 Å². The standard InChI is InChI=1S/C18H36N2O/c1-6-14(2)19-9-11-20(12-10-19)16-13-15(18(3,4)5)7-8-17(16)21/h14-17,21H,6-13H2,1-5H3. The predicted octanol–water partition coefficient (Wildman–Crippen LogP) is 2.98. The Hall–Kier alpha value is -0.120. The largest absolute Gasteiger partial charge is 0.391 e. The van der Waals surface area contributed by atoms with Crippen LogP contribution in [0.3, 0.4) is 0 Å². The minimum Gasteiger partial charge on any atom is -0.391 e. The van der Waals surface area contributed by atoms with Crippen molar-refractivity contribution in [3.8, 4) is 0 Å². The molecule has 1 saturated heterocycles. The summed E-state index contributed by atoms with van der Waals surface area (Å²) in [5.41, 5.74) is 0.372. The summed E-state index contributed by atoms with van der Waals surface area (Å²) in [6.07, 6.45) is 4.47. The molecule has 0 spiro atoms. The van der Waals surface area contributed by atoms with Crippen LogP contribution in [0.5, 0.6) is 0 Å². The first-order valence-corrected chi connectivity index (χ1v) is 8.99. The molecule has 2 rings (SSSR count). The third kappa shape index (κ3) is 4.20. The van der Waals surface area contributed by atoms with E-state index in [9.17, 15) is 5.11 Å². The highest BCUT2D eigenvalue weighted by atomic mass is 16.3. The molecule has 1 N–H and O–H groups in total. The second-order valence-corrected chi connectivity index (χ2v) is 8.34. The monoisotopic (exact) mass is 296 g/mol. The van der Waals surface area contributed by atoms with Crippen LogP contribution >= 0.6 is 0 Å². The fourth-order valence-corrected chi connectivity index (χ4v) is 4.08. The van der Waals surface area contributed by atoms with Gasteiger partial charge in [-0.1, -0.05) is 27.7 Å². The zero-order chi connectivity index (χ0) is 15.6. The Bertz CT molecular complexity index is 318. The lowest BCUT2D eigenvalue weighted by Gasteiger charge is -2.47. The van der Waals surface area contributed by atoms with Crippen LogP contribution in [0.15, 0.2) is 0 Å². The van der Waals surface area contributed by atoms with Crippen LogP contribution in [0.2, 0.25) is 0 Å². The van der Waals surface area contributed by atoms with Gasteiger partial charge < -0.3 is 5.11 Å². The average Bonchev–Trinajstić information content (AvgIpc) is 2.46. The molecule has 0 aromatic carbocycles. The van der Waals surface area contributed by atoms with Crippen LogP contribution in [0.1, 0.15) is 60.3 Å². The van der Waals surface area contributed by atoms with E-state index in [1.165, 1.54) is 32.4 Å². The molecular formula is C18H36N2O. The number of hydrogen-bond donors (Lipinski definition) is 1. The van der Waals surface area contributed by atoms with Crippen molar-refractivity contribution in [1.29, 1.82) is 0 Å². The minimum atomic E-state index is -0.112. The molecule has 124 valence electrons. The number of hydrogen-bond acceptors (Lipinski definition) is 3. The van der Waals surface area contributed by atoms with Crippen LogP contribution in [-0.4, -0.2) is 59.3 Å². The van der Waals surface area contributed by atoms with Crippen LogP contribution in [0, 0.1) is 11.3 Å². The lowest BCUT2D eigenvalue weighted by Crippen LogP contribution is -2.57. The molecule has 2 fully saturated rings. The molecule has 0 amide bonds. The first-order chi connectivity index (χ1) is 9.82. The fraction of sp³-hybridized carbons (Fsp3) is 1.00. The van der Waals surface area contributed by atoms with Gasteiger partial charge in [-0.2, -0.15) is 0 Å². The van der Waals surface area contributed by atoms with Gasteiger partial charge in [-0.15, -0.1) is 0 Å². The molecule has 1 aliphatic heterocycles. The van der Waals surface area contributed by atoms with E-state index in [0.717, 1.165) is 25.4 Å². The first kappa shape index (κ1) is 17.2. The van der Waals surface area contributed by atoms with E-state index in [1.54, 1.807) is 0 Å². The highest BCUT2D eigenvalue weighted by Crippen LogP contribution is 2.39. The van der Waals surface area contributed by atoms with Gasteiger partial charge >= 0.3 is 0 Å². The van der Waals surface area contributed by atoms with Crippen molar-refractivity contribution < 1.29 is 5.11 Å². The smallest absolute Gasteiger partial charge is 0.0695 e. The van der Waals surface area contributed by atoms with Crippen molar-refractivity contribution in [1.82, 2.24) is 9.80 Å². The quantitative estimate of drug-likeness (QED) is 0.867. The van der Waals surface area contributed by atoms with Crippen molar-refractivity contribution in [2.45, 2.75) is 78.5 Å². The molecule has 4 atom stereocenters. The van der Waals surface area contributed by atoms with Crippen LogP contribution in [0.25, 0.3) is 0 Å². The van der Waals surface area contributed by atoms with E-state index in [-0.39, 0.29) is 6.10 Å². The van der Waals surface area contributed by atoms with Gasteiger partial charge in [0, 0.05) is 38.3 Å². The van der Waals surface area contributed by atoms with Crippen LogP contribution < -0.4 is 0 Å². The Morgan fingerprint density at radius 3 is 2.24 bits per heavy atom. The molecule has 4 unspecified atom stereocenters. The number of rotatable bonds is 3. The Morgan fingerprint density at radius 1 is 1.10 bits per heavy atom. The van der Waals surface area contributed by atoms with Gasteiger partial charge in [-0.3, -0.25) is 9.80 Å². The summed E-state index contributed by atoms with van der Waals surface area (Å²) in [4.78, 5) is 5.17. The lowest BCUT2D eigenvalue weighted by atomic mass is 9.70. The van der Waals surface area contributed by atoms with E-state index in [0.29, 0.717) is 17.5 Å². The molecule has 1 heterocycles. The molecule has 0 bridgehead atoms. The average molecular weight is 296 g/mol. The summed E-state index contributed by atoms with van der Waals surface area (Å²) in [7, 11) is 0. The second kappa shape index (κ2) is 6.97. The Kier molecular flexibility index (Phi) is 5.72. The predicted molar refractivity (Wildman–Crippen MR) is 89.5 cm³/mol. The topological polar surface area (TPSA) is 26.7 Å². The second-order valence-electron chi connectivity index (χ2n) is 8.34. The highest BCUT2D eigenvalue weighted by Gasteiger charge is 2.38. The summed E-state index contributed by atoms with van der Waals surface area (Å²) in [6, 6.07) is 1.09. The summed E-state index contributed by atoms with van der Waals surface area (Å²) in [6.45, 7) is 16.3. The van der Waals surface area contributed by atoms with Crippen molar-refractivity contribution in [3.05, 3.63) is 0 Å². The van der Waals surface area contributed by atoms with E-state index in [1.807, 2.05) is 0 Å². The molecule has 1 aliphatic carbocycles. The maximum atomic E-state index is 10.5. The SMILES string of the molecule is CCC(C)N1CCN(C2CC(C(C)(C)C)CCC2O)CC1. The van der Waals surface area contributed by atoms with Crippen LogP contribution in [-0.2, 0) is 0 Å². The molecule has 0 aromatic rings. The summed E-state index contributed by atoms with van der Waals surface area (Å²) < 4.78 is 0. The molecule has 21 heavy (non-hydrogen) atoms. The van der Waals surface area contributed by atoms with Crippen LogP contribution in [0.4, 0.5) is 0 Å². The zero-order valence-electron chi connectivity index (χ0n) is 14.8. The van der Waals surface area contributed by atoms with E-state index in [4.69, 9.17) is 0 Å². The summed E-state index contributed by atoms with van der Waals surface area (Å²) in [5.74, 6) is 0.749. The van der Waals surface area contributed by atoms with Gasteiger partial charge in [-0.05, 0) is 43.9 Å². The zero-order valence-corrected chi connectivity index (χ0v) is 14.8. The maximum absolute atomic E-state index is 10.5. The molecule has 0 radical (unpaired) electrons. The first-order valence-electron chi connectivity index (χ1n) is 8.99. The summed E-state index contributed by atoms with van der Waals surface area (Å²) >= 11 is 0. The van der Waals surface area contributed by atoms with Gasteiger partial charge in [0.25, 0.3) is 0 Å². The number of piperazine rings is 1. The molecule has 2 aliphatic rings. The van der Waals surface area contributed by atoms with Gasteiger partial charge in [0.2, 0.25) is 0 Å². The molecular weight excluding hydrogens is 260 g/mol. The van der Waals surface area contributed by atoms with Gasteiger partial charge in [0.15, 0.2) is 0 Å². The number of nitrogens with zero attached hydrogens (tertiary/aromatic N) is 2. The van der Waals surface area contributed by atoms with Crippen molar-refractivity contribution in [3.63, 3.8) is 0 Å². The lowest BCUT2D eigenvalue weighted by molar-refractivity contribution is -0.0368. The maximum Gasteiger partial charge on any atom is 0.0695 e. The van der Waals surface area contributed by atoms with E-state index < -0.39 is 0 Å². The number of aliphatic hydroxyl groups is 1. The minimum absolute atomic E-state index is 0.112. The fourth-order valence-electron chi connectivity index (χ4n) is 4.08. The van der Waals surface area contributed by atoms with Gasteiger partial charge in [-0.25, -0.2) is 0 Å². The Balaban J connectivity index is 1.92. The highest BCUT2D eigenvalue weighted by molar-refractivity contribution is 4.92. The van der Waals surface area contributed by atoms with Crippen molar-refractivity contribution in [2.24, 2.45) is 11.3 Å². The van der Waals surface area contributed by atoms with Crippen molar-refractivity contribution in [2.75, 3.05) is 26.2 Å².